The Morgan fingerprint density at radius 1 is 1.05 bits per heavy atom. The molecule has 0 amide bonds. The van der Waals surface area contributed by atoms with E-state index in [1.807, 2.05) is 0 Å². The van der Waals surface area contributed by atoms with Gasteiger partial charge in [0.15, 0.2) is 5.71 Å². The van der Waals surface area contributed by atoms with Gasteiger partial charge < -0.3 is 4.90 Å². The lowest BCUT2D eigenvalue weighted by atomic mass is 9.68. The van der Waals surface area contributed by atoms with Crippen LogP contribution in [0.1, 0.15) is 62.1 Å². The minimum absolute atomic E-state index is 0.111. The minimum Gasteiger partial charge on any atom is -0.347 e. The number of aryl methyl sites for hydroxylation is 1. The van der Waals surface area contributed by atoms with E-state index in [-0.39, 0.29) is 10.8 Å². The Labute approximate surface area is 221 Å². The van der Waals surface area contributed by atoms with Gasteiger partial charge in [0.1, 0.15) is 7.05 Å². The largest absolute Gasteiger partial charge is 0.347 e. The first-order valence-electron chi connectivity index (χ1n) is 13.6. The van der Waals surface area contributed by atoms with E-state index in [1.54, 1.807) is 0 Å². The van der Waals surface area contributed by atoms with Gasteiger partial charge in [-0.05, 0) is 61.2 Å². The SMILES string of the molecule is Cc1ccc2c(c1)C1(CCCCC1)/C(=C\C=C\C1=[N+](C)c3ccc4ccccc4c3C1(C)CC#N)N2C. The van der Waals surface area contributed by atoms with Gasteiger partial charge in [0.2, 0.25) is 5.69 Å². The summed E-state index contributed by atoms with van der Waals surface area (Å²) in [4.78, 5) is 2.42. The maximum Gasteiger partial charge on any atom is 0.210 e. The Hall–Kier alpha value is -3.64. The number of likely N-dealkylation sites (N-methyl/N-ethyl adjacent to an activating group) is 1. The summed E-state index contributed by atoms with van der Waals surface area (Å²) >= 11 is 0. The van der Waals surface area contributed by atoms with E-state index in [1.165, 1.54) is 82.4 Å². The predicted octanol–water partition coefficient (Wildman–Crippen LogP) is 7.84. The van der Waals surface area contributed by atoms with Crippen LogP contribution in [0.5, 0.6) is 0 Å². The van der Waals surface area contributed by atoms with Crippen LogP contribution >= 0.6 is 0 Å². The zero-order valence-corrected chi connectivity index (χ0v) is 22.5. The molecule has 0 saturated heterocycles. The third kappa shape index (κ3) is 3.42. The molecular weight excluding hydrogens is 450 g/mol. The van der Waals surface area contributed by atoms with Crippen molar-refractivity contribution in [1.82, 2.24) is 0 Å². The fraction of sp³-hybridized carbons (Fsp3) is 0.353. The molecule has 3 aromatic rings. The molecule has 0 N–H and O–H groups in total. The number of hydrogen-bond donors (Lipinski definition) is 0. The average molecular weight is 487 g/mol. The molecule has 1 atom stereocenters. The van der Waals surface area contributed by atoms with Crippen LogP contribution in [0.2, 0.25) is 0 Å². The van der Waals surface area contributed by atoms with E-state index >= 15 is 0 Å². The number of anilines is 1. The Bertz CT molecular complexity index is 1540. The van der Waals surface area contributed by atoms with Gasteiger partial charge in [0.05, 0.1) is 17.9 Å². The molecule has 1 fully saturated rings. The standard InChI is InChI=1S/C34H36N3/c1-24-15-17-28-27(23-24)34(19-8-5-9-20-34)31(36(28)3)14-10-13-30-33(2,21-22-35)32-26-12-7-6-11-25(26)16-18-29(32)37(30)4/h6-7,10-18,23H,5,8-9,19-21H2,1-4H3/q+1. The minimum atomic E-state index is -0.362. The predicted molar refractivity (Wildman–Crippen MR) is 154 cm³/mol. The molecule has 3 heteroatoms. The molecule has 2 aliphatic heterocycles. The zero-order chi connectivity index (χ0) is 25.8. The smallest absolute Gasteiger partial charge is 0.210 e. The van der Waals surface area contributed by atoms with Crippen LogP contribution in [0.3, 0.4) is 0 Å². The molecule has 2 heterocycles. The van der Waals surface area contributed by atoms with Gasteiger partial charge in [0, 0.05) is 41.6 Å². The van der Waals surface area contributed by atoms with Gasteiger partial charge in [-0.15, -0.1) is 0 Å². The average Bonchev–Trinajstić information content (AvgIpc) is 3.25. The highest BCUT2D eigenvalue weighted by Gasteiger charge is 2.48. The first kappa shape index (κ1) is 23.7. The van der Waals surface area contributed by atoms with Crippen molar-refractivity contribution >= 4 is 27.9 Å². The van der Waals surface area contributed by atoms with Crippen LogP contribution in [0.15, 0.2) is 78.5 Å². The molecule has 1 unspecified atom stereocenters. The number of fused-ring (bicyclic) bond motifs is 5. The number of hydrogen-bond acceptors (Lipinski definition) is 2. The van der Waals surface area contributed by atoms with E-state index < -0.39 is 0 Å². The zero-order valence-electron chi connectivity index (χ0n) is 22.5. The van der Waals surface area contributed by atoms with Crippen LogP contribution in [0.4, 0.5) is 11.4 Å². The normalized spacial score (nSPS) is 23.3. The van der Waals surface area contributed by atoms with Crippen LogP contribution in [0, 0.1) is 18.3 Å². The second-order valence-corrected chi connectivity index (χ2v) is 11.4. The van der Waals surface area contributed by atoms with Crippen molar-refractivity contribution in [2.24, 2.45) is 0 Å². The first-order chi connectivity index (χ1) is 17.9. The lowest BCUT2D eigenvalue weighted by Crippen LogP contribution is -2.32. The Morgan fingerprint density at radius 3 is 2.62 bits per heavy atom. The molecule has 37 heavy (non-hydrogen) atoms. The highest BCUT2D eigenvalue weighted by atomic mass is 15.2. The summed E-state index contributed by atoms with van der Waals surface area (Å²) in [7, 11) is 4.37. The van der Waals surface area contributed by atoms with Crippen molar-refractivity contribution in [2.75, 3.05) is 19.0 Å². The summed E-state index contributed by atoms with van der Waals surface area (Å²) in [6, 6.07) is 22.4. The number of benzene rings is 3. The number of rotatable bonds is 3. The van der Waals surface area contributed by atoms with Crippen molar-refractivity contribution in [2.45, 2.75) is 63.2 Å². The third-order valence-corrected chi connectivity index (χ3v) is 9.28. The Balaban J connectivity index is 1.45. The lowest BCUT2D eigenvalue weighted by molar-refractivity contribution is -0.401. The number of nitriles is 1. The molecule has 186 valence electrons. The molecule has 1 aliphatic carbocycles. The van der Waals surface area contributed by atoms with Crippen molar-refractivity contribution < 1.29 is 4.58 Å². The molecule has 0 bridgehead atoms. The molecule has 0 radical (unpaired) electrons. The molecule has 0 aromatic heterocycles. The molecular formula is C34H36N3+. The summed E-state index contributed by atoms with van der Waals surface area (Å²) in [6.45, 7) is 4.45. The molecule has 1 spiro atoms. The second kappa shape index (κ2) is 8.73. The fourth-order valence-corrected chi connectivity index (χ4v) is 7.48. The molecule has 1 saturated carbocycles. The monoisotopic (exact) mass is 486 g/mol. The second-order valence-electron chi connectivity index (χ2n) is 11.4. The molecule has 3 aliphatic rings. The maximum absolute atomic E-state index is 9.89. The molecule has 3 nitrogen and oxygen atoms in total. The van der Waals surface area contributed by atoms with Gasteiger partial charge in [-0.1, -0.05) is 67.3 Å². The van der Waals surface area contributed by atoms with Crippen molar-refractivity contribution in [1.29, 1.82) is 5.26 Å². The summed E-state index contributed by atoms with van der Waals surface area (Å²) in [5.41, 5.74) is 9.02. The topological polar surface area (TPSA) is 30.0 Å². The Morgan fingerprint density at radius 2 is 1.84 bits per heavy atom. The van der Waals surface area contributed by atoms with Gasteiger partial charge >= 0.3 is 0 Å². The third-order valence-electron chi connectivity index (χ3n) is 9.28. The van der Waals surface area contributed by atoms with Gasteiger partial charge in [-0.2, -0.15) is 9.84 Å². The fourth-order valence-electron chi connectivity index (χ4n) is 7.48. The van der Waals surface area contributed by atoms with Crippen LogP contribution in [0.25, 0.3) is 10.8 Å². The number of allylic oxidation sites excluding steroid dienone is 4. The first-order valence-corrected chi connectivity index (χ1v) is 13.6. The summed E-state index contributed by atoms with van der Waals surface area (Å²) in [5.74, 6) is 0. The van der Waals surface area contributed by atoms with Crippen LogP contribution in [-0.4, -0.2) is 24.4 Å². The summed E-state index contributed by atoms with van der Waals surface area (Å²) in [5, 5.41) is 12.4. The summed E-state index contributed by atoms with van der Waals surface area (Å²) < 4.78 is 2.29. The van der Waals surface area contributed by atoms with E-state index in [0.29, 0.717) is 6.42 Å². The molecule has 6 rings (SSSR count). The lowest BCUT2D eigenvalue weighted by Gasteiger charge is -2.36. The van der Waals surface area contributed by atoms with Gasteiger partial charge in [-0.3, -0.25) is 0 Å². The maximum atomic E-state index is 9.89. The van der Waals surface area contributed by atoms with Crippen LogP contribution in [-0.2, 0) is 10.8 Å². The van der Waals surface area contributed by atoms with Gasteiger partial charge in [-0.25, -0.2) is 0 Å². The van der Waals surface area contributed by atoms with E-state index in [4.69, 9.17) is 0 Å². The van der Waals surface area contributed by atoms with Crippen molar-refractivity contribution in [3.8, 4) is 6.07 Å². The highest BCUT2D eigenvalue weighted by molar-refractivity contribution is 6.08. The quantitative estimate of drug-likeness (QED) is 0.353. The van der Waals surface area contributed by atoms with E-state index in [9.17, 15) is 5.26 Å². The van der Waals surface area contributed by atoms with Gasteiger partial charge in [0.25, 0.3) is 0 Å². The van der Waals surface area contributed by atoms with Crippen molar-refractivity contribution in [3.05, 3.63) is 95.2 Å². The highest BCUT2D eigenvalue weighted by Crippen LogP contribution is 2.55. The Kier molecular flexibility index (Phi) is 5.60. The van der Waals surface area contributed by atoms with E-state index in [2.05, 4.69) is 116 Å². The van der Waals surface area contributed by atoms with Crippen molar-refractivity contribution in [3.63, 3.8) is 0 Å². The van der Waals surface area contributed by atoms with E-state index in [0.717, 1.165) is 0 Å². The number of nitrogens with zero attached hydrogens (tertiary/aromatic N) is 3. The van der Waals surface area contributed by atoms with Crippen LogP contribution < -0.4 is 4.90 Å². The summed E-state index contributed by atoms with van der Waals surface area (Å²) in [6.07, 6.45) is 13.6. The molecule has 3 aromatic carbocycles.